The Kier molecular flexibility index (Phi) is 4.97. The van der Waals surface area contributed by atoms with Crippen LogP contribution in [0.5, 0.6) is 0 Å². The van der Waals surface area contributed by atoms with Crippen LogP contribution in [-0.4, -0.2) is 22.9 Å². The molecule has 1 aromatic carbocycles. The number of hydrogen-bond donors (Lipinski definition) is 1. The van der Waals surface area contributed by atoms with Gasteiger partial charge >= 0.3 is 0 Å². The SMILES string of the molecule is CC(CCNCCn1cccn1)c1ccccc1. The fraction of sp³-hybridized carbons (Fsp3) is 0.400. The van der Waals surface area contributed by atoms with E-state index in [1.54, 1.807) is 0 Å². The third kappa shape index (κ3) is 4.00. The van der Waals surface area contributed by atoms with Crippen molar-refractivity contribution in [1.82, 2.24) is 15.1 Å². The van der Waals surface area contributed by atoms with Gasteiger partial charge in [0.2, 0.25) is 0 Å². The maximum atomic E-state index is 4.17. The number of benzene rings is 1. The van der Waals surface area contributed by atoms with Gasteiger partial charge in [-0.15, -0.1) is 0 Å². The second-order valence-electron chi connectivity index (χ2n) is 4.62. The van der Waals surface area contributed by atoms with E-state index in [0.717, 1.165) is 19.6 Å². The highest BCUT2D eigenvalue weighted by Gasteiger charge is 2.03. The van der Waals surface area contributed by atoms with E-state index < -0.39 is 0 Å². The van der Waals surface area contributed by atoms with E-state index in [4.69, 9.17) is 0 Å². The van der Waals surface area contributed by atoms with Gasteiger partial charge in [0.1, 0.15) is 0 Å². The fourth-order valence-electron chi connectivity index (χ4n) is 2.02. The molecule has 0 fully saturated rings. The monoisotopic (exact) mass is 243 g/mol. The predicted octanol–water partition coefficient (Wildman–Crippen LogP) is 2.67. The van der Waals surface area contributed by atoms with Crippen LogP contribution in [0, 0.1) is 0 Å². The number of aromatic nitrogens is 2. The molecule has 18 heavy (non-hydrogen) atoms. The van der Waals surface area contributed by atoms with E-state index in [2.05, 4.69) is 47.7 Å². The van der Waals surface area contributed by atoms with E-state index in [9.17, 15) is 0 Å². The molecule has 2 rings (SSSR count). The van der Waals surface area contributed by atoms with Crippen LogP contribution in [0.3, 0.4) is 0 Å². The Morgan fingerprint density at radius 3 is 2.72 bits per heavy atom. The van der Waals surface area contributed by atoms with Crippen LogP contribution < -0.4 is 5.32 Å². The molecule has 0 saturated carbocycles. The second kappa shape index (κ2) is 6.97. The lowest BCUT2D eigenvalue weighted by molar-refractivity contribution is 0.531. The maximum absolute atomic E-state index is 4.17. The molecule has 1 unspecified atom stereocenters. The summed E-state index contributed by atoms with van der Waals surface area (Å²) in [5.41, 5.74) is 1.42. The summed E-state index contributed by atoms with van der Waals surface area (Å²) < 4.78 is 1.95. The lowest BCUT2D eigenvalue weighted by atomic mass is 9.98. The third-order valence-corrected chi connectivity index (χ3v) is 3.20. The van der Waals surface area contributed by atoms with Crippen LogP contribution in [0.15, 0.2) is 48.8 Å². The summed E-state index contributed by atoms with van der Waals surface area (Å²) >= 11 is 0. The van der Waals surface area contributed by atoms with Gasteiger partial charge in [0.15, 0.2) is 0 Å². The molecular weight excluding hydrogens is 222 g/mol. The van der Waals surface area contributed by atoms with Gasteiger partial charge in [-0.3, -0.25) is 4.68 Å². The van der Waals surface area contributed by atoms with Crippen molar-refractivity contribution in [3.8, 4) is 0 Å². The van der Waals surface area contributed by atoms with Crippen LogP contribution in [0.4, 0.5) is 0 Å². The van der Waals surface area contributed by atoms with Crippen molar-refractivity contribution in [2.75, 3.05) is 13.1 Å². The van der Waals surface area contributed by atoms with Gasteiger partial charge in [-0.05, 0) is 30.5 Å². The molecule has 3 heteroatoms. The van der Waals surface area contributed by atoms with E-state index in [1.807, 2.05) is 23.1 Å². The van der Waals surface area contributed by atoms with Crippen LogP contribution >= 0.6 is 0 Å². The highest BCUT2D eigenvalue weighted by Crippen LogP contribution is 2.17. The van der Waals surface area contributed by atoms with E-state index in [0.29, 0.717) is 5.92 Å². The molecule has 0 aliphatic rings. The normalized spacial score (nSPS) is 12.5. The summed E-state index contributed by atoms with van der Waals surface area (Å²) in [5.74, 6) is 0.614. The van der Waals surface area contributed by atoms with Crippen LogP contribution in [0.25, 0.3) is 0 Å². The lowest BCUT2D eigenvalue weighted by Gasteiger charge is -2.12. The molecule has 1 heterocycles. The molecule has 96 valence electrons. The summed E-state index contributed by atoms with van der Waals surface area (Å²) in [4.78, 5) is 0. The summed E-state index contributed by atoms with van der Waals surface area (Å²) in [6.45, 7) is 5.25. The molecule has 1 atom stereocenters. The first kappa shape index (κ1) is 12.8. The van der Waals surface area contributed by atoms with Gasteiger partial charge in [0.25, 0.3) is 0 Å². The molecule has 3 nitrogen and oxygen atoms in total. The Balaban J connectivity index is 1.61. The summed E-state index contributed by atoms with van der Waals surface area (Å²) in [7, 11) is 0. The zero-order chi connectivity index (χ0) is 12.6. The van der Waals surface area contributed by atoms with E-state index >= 15 is 0 Å². The molecule has 0 spiro atoms. The lowest BCUT2D eigenvalue weighted by Crippen LogP contribution is -2.22. The molecule has 0 aliphatic carbocycles. The fourth-order valence-corrected chi connectivity index (χ4v) is 2.02. The topological polar surface area (TPSA) is 29.9 Å². The van der Waals surface area contributed by atoms with Crippen molar-refractivity contribution < 1.29 is 0 Å². The van der Waals surface area contributed by atoms with Gasteiger partial charge in [-0.25, -0.2) is 0 Å². The number of rotatable bonds is 7. The quantitative estimate of drug-likeness (QED) is 0.758. The first-order valence-corrected chi connectivity index (χ1v) is 6.59. The minimum absolute atomic E-state index is 0.614. The van der Waals surface area contributed by atoms with Crippen LogP contribution in [0.2, 0.25) is 0 Å². The van der Waals surface area contributed by atoms with Crippen molar-refractivity contribution in [2.24, 2.45) is 0 Å². The van der Waals surface area contributed by atoms with Gasteiger partial charge in [-0.1, -0.05) is 37.3 Å². The van der Waals surface area contributed by atoms with Gasteiger partial charge in [-0.2, -0.15) is 5.10 Å². The van der Waals surface area contributed by atoms with E-state index in [1.165, 1.54) is 12.0 Å². The second-order valence-corrected chi connectivity index (χ2v) is 4.62. The van der Waals surface area contributed by atoms with Crippen molar-refractivity contribution in [1.29, 1.82) is 0 Å². The predicted molar refractivity (Wildman–Crippen MR) is 74.6 cm³/mol. The maximum Gasteiger partial charge on any atom is 0.0533 e. The standard InChI is InChI=1S/C15H21N3/c1-14(15-6-3-2-4-7-15)8-10-16-11-13-18-12-5-9-17-18/h2-7,9,12,14,16H,8,10-11,13H2,1H3. The van der Waals surface area contributed by atoms with Crippen molar-refractivity contribution in [3.05, 3.63) is 54.4 Å². The molecule has 1 aromatic heterocycles. The summed E-state index contributed by atoms with van der Waals surface area (Å²) in [6, 6.07) is 12.6. The molecule has 0 aliphatic heterocycles. The average molecular weight is 243 g/mol. The van der Waals surface area contributed by atoms with E-state index in [-0.39, 0.29) is 0 Å². The van der Waals surface area contributed by atoms with Gasteiger partial charge < -0.3 is 5.32 Å². The van der Waals surface area contributed by atoms with Gasteiger partial charge in [0, 0.05) is 18.9 Å². The largest absolute Gasteiger partial charge is 0.315 e. The highest BCUT2D eigenvalue weighted by atomic mass is 15.3. The van der Waals surface area contributed by atoms with Crippen molar-refractivity contribution in [2.45, 2.75) is 25.8 Å². The summed E-state index contributed by atoms with van der Waals surface area (Å²) in [6.07, 6.45) is 4.98. The first-order chi connectivity index (χ1) is 8.86. The Morgan fingerprint density at radius 2 is 2.00 bits per heavy atom. The molecular formula is C15H21N3. The third-order valence-electron chi connectivity index (χ3n) is 3.20. The van der Waals surface area contributed by atoms with Crippen molar-refractivity contribution in [3.63, 3.8) is 0 Å². The van der Waals surface area contributed by atoms with Crippen molar-refractivity contribution >= 4 is 0 Å². The molecule has 0 radical (unpaired) electrons. The van der Waals surface area contributed by atoms with Gasteiger partial charge in [0.05, 0.1) is 6.54 Å². The van der Waals surface area contributed by atoms with Crippen LogP contribution in [-0.2, 0) is 6.54 Å². The Labute approximate surface area is 109 Å². The minimum Gasteiger partial charge on any atom is -0.315 e. The van der Waals surface area contributed by atoms with Crippen LogP contribution in [0.1, 0.15) is 24.8 Å². The summed E-state index contributed by atoms with van der Waals surface area (Å²) in [5, 5.41) is 7.64. The highest BCUT2D eigenvalue weighted by molar-refractivity contribution is 5.18. The number of nitrogens with one attached hydrogen (secondary N) is 1. The molecule has 0 bridgehead atoms. The molecule has 0 saturated heterocycles. The smallest absolute Gasteiger partial charge is 0.0533 e. The Hall–Kier alpha value is -1.61. The number of hydrogen-bond acceptors (Lipinski definition) is 2. The molecule has 0 amide bonds. The minimum atomic E-state index is 0.614. The molecule has 1 N–H and O–H groups in total. The molecule has 2 aromatic rings. The Bertz CT molecular complexity index is 422. The first-order valence-electron chi connectivity index (χ1n) is 6.59. The zero-order valence-electron chi connectivity index (χ0n) is 10.9. The average Bonchev–Trinajstić information content (AvgIpc) is 2.92. The Morgan fingerprint density at radius 1 is 1.17 bits per heavy atom. The number of nitrogens with zero attached hydrogens (tertiary/aromatic N) is 2. The zero-order valence-corrected chi connectivity index (χ0v) is 10.9.